The minimum absolute atomic E-state index is 0.0741. The first-order valence-corrected chi connectivity index (χ1v) is 8.09. The standard InChI is InChI=1S/C15H14BrNO3S/c16-11-5-3-10(4-6-11)14(18)8-13(15(19)20)17-9-12-2-1-7-21-12/h1-7,13,17H,8-9H2,(H,19,20)/t13-/m0/s1. The predicted octanol–water partition coefficient (Wildman–Crippen LogP) is 0.965. The van der Waals surface area contributed by atoms with Crippen molar-refractivity contribution in [3.8, 4) is 0 Å². The number of rotatable bonds is 7. The minimum atomic E-state index is -1.21. The molecule has 0 aliphatic rings. The van der Waals surface area contributed by atoms with E-state index in [9.17, 15) is 14.7 Å². The summed E-state index contributed by atoms with van der Waals surface area (Å²) in [6.45, 7) is 0.532. The molecule has 4 nitrogen and oxygen atoms in total. The average molecular weight is 368 g/mol. The maximum absolute atomic E-state index is 12.1. The van der Waals surface area contributed by atoms with Crippen LogP contribution < -0.4 is 10.4 Å². The number of carbonyl (C=O) groups excluding carboxylic acids is 2. The van der Waals surface area contributed by atoms with Crippen LogP contribution in [0.15, 0.2) is 46.3 Å². The van der Waals surface area contributed by atoms with Gasteiger partial charge in [0.1, 0.15) is 12.6 Å². The van der Waals surface area contributed by atoms with Gasteiger partial charge in [-0.15, -0.1) is 11.3 Å². The van der Waals surface area contributed by atoms with Crippen molar-refractivity contribution in [1.82, 2.24) is 0 Å². The summed E-state index contributed by atoms with van der Waals surface area (Å²) in [5, 5.41) is 14.8. The summed E-state index contributed by atoms with van der Waals surface area (Å²) < 4.78 is 0.875. The summed E-state index contributed by atoms with van der Waals surface area (Å²) in [5.74, 6) is -1.41. The first-order chi connectivity index (χ1) is 10.1. The molecule has 0 aliphatic heterocycles. The summed E-state index contributed by atoms with van der Waals surface area (Å²) in [6.07, 6.45) is -0.0741. The summed E-state index contributed by atoms with van der Waals surface area (Å²) in [5.41, 5.74) is 0.508. The van der Waals surface area contributed by atoms with E-state index in [1.807, 2.05) is 17.5 Å². The Balaban J connectivity index is 1.97. The molecule has 0 spiro atoms. The van der Waals surface area contributed by atoms with E-state index in [1.54, 1.807) is 40.9 Å². The predicted molar refractivity (Wildman–Crippen MR) is 81.8 cm³/mol. The lowest BCUT2D eigenvalue weighted by atomic mass is 10.0. The Morgan fingerprint density at radius 3 is 2.52 bits per heavy atom. The fourth-order valence-corrected chi connectivity index (χ4v) is 2.85. The molecule has 0 fully saturated rings. The smallest absolute Gasteiger partial charge is 0.169 e. The molecule has 2 rings (SSSR count). The van der Waals surface area contributed by atoms with Crippen LogP contribution in [0, 0.1) is 0 Å². The molecule has 0 saturated carbocycles. The third-order valence-electron chi connectivity index (χ3n) is 3.06. The zero-order chi connectivity index (χ0) is 15.2. The number of nitrogens with two attached hydrogens (primary N) is 1. The highest BCUT2D eigenvalue weighted by atomic mass is 79.9. The third-order valence-corrected chi connectivity index (χ3v) is 4.49. The molecule has 1 aromatic carbocycles. The summed E-state index contributed by atoms with van der Waals surface area (Å²) in [4.78, 5) is 24.4. The lowest BCUT2D eigenvalue weighted by Gasteiger charge is -2.15. The lowest BCUT2D eigenvalue weighted by molar-refractivity contribution is -0.696. The minimum Gasteiger partial charge on any atom is -0.544 e. The molecule has 1 heterocycles. The molecule has 6 heteroatoms. The van der Waals surface area contributed by atoms with Gasteiger partial charge in [0.25, 0.3) is 0 Å². The second-order valence-electron chi connectivity index (χ2n) is 4.58. The first-order valence-electron chi connectivity index (χ1n) is 6.41. The van der Waals surface area contributed by atoms with Gasteiger partial charge in [-0.3, -0.25) is 4.79 Å². The Morgan fingerprint density at radius 2 is 1.95 bits per heavy atom. The van der Waals surface area contributed by atoms with Crippen LogP contribution in [0.2, 0.25) is 0 Å². The number of Topliss-reactive ketones (excluding diaryl/α,β-unsaturated/α-hetero) is 1. The largest absolute Gasteiger partial charge is 0.544 e. The third kappa shape index (κ3) is 4.77. The van der Waals surface area contributed by atoms with Crippen LogP contribution >= 0.6 is 27.3 Å². The molecule has 110 valence electrons. The van der Waals surface area contributed by atoms with Gasteiger partial charge in [-0.2, -0.15) is 0 Å². The van der Waals surface area contributed by atoms with E-state index in [-0.39, 0.29) is 12.2 Å². The van der Waals surface area contributed by atoms with Gasteiger partial charge in [0.05, 0.1) is 17.3 Å². The van der Waals surface area contributed by atoms with Gasteiger partial charge in [0.2, 0.25) is 0 Å². The van der Waals surface area contributed by atoms with Gasteiger partial charge in [-0.05, 0) is 23.6 Å². The Morgan fingerprint density at radius 1 is 1.24 bits per heavy atom. The number of carboxylic acid groups (broad SMARTS) is 1. The highest BCUT2D eigenvalue weighted by molar-refractivity contribution is 9.10. The average Bonchev–Trinajstić information content (AvgIpc) is 2.96. The lowest BCUT2D eigenvalue weighted by Crippen LogP contribution is -2.92. The second kappa shape index (κ2) is 7.49. The number of carboxylic acids is 1. The Bertz CT molecular complexity index is 610. The van der Waals surface area contributed by atoms with E-state index in [0.29, 0.717) is 12.1 Å². The van der Waals surface area contributed by atoms with Gasteiger partial charge in [0, 0.05) is 10.0 Å². The van der Waals surface area contributed by atoms with Gasteiger partial charge in [-0.1, -0.05) is 34.1 Å². The van der Waals surface area contributed by atoms with E-state index >= 15 is 0 Å². The number of hydrogen-bond donors (Lipinski definition) is 1. The van der Waals surface area contributed by atoms with Crippen molar-refractivity contribution in [2.45, 2.75) is 19.0 Å². The maximum Gasteiger partial charge on any atom is 0.169 e. The Hall–Kier alpha value is -1.50. The first kappa shape index (κ1) is 15.9. The molecule has 0 amide bonds. The Labute approximate surface area is 134 Å². The van der Waals surface area contributed by atoms with Crippen LogP contribution in [-0.2, 0) is 11.3 Å². The molecule has 2 aromatic rings. The molecular weight excluding hydrogens is 354 g/mol. The number of carbonyl (C=O) groups is 2. The van der Waals surface area contributed by atoms with E-state index in [0.717, 1.165) is 9.35 Å². The second-order valence-corrected chi connectivity index (χ2v) is 6.53. The van der Waals surface area contributed by atoms with Crippen molar-refractivity contribution >= 4 is 39.0 Å². The zero-order valence-corrected chi connectivity index (χ0v) is 13.5. The quantitative estimate of drug-likeness (QED) is 0.740. The van der Waals surface area contributed by atoms with Crippen molar-refractivity contribution < 1.29 is 20.0 Å². The molecule has 21 heavy (non-hydrogen) atoms. The molecule has 0 aliphatic carbocycles. The fourth-order valence-electron chi connectivity index (χ4n) is 1.90. The molecule has 1 aromatic heterocycles. The van der Waals surface area contributed by atoms with Crippen LogP contribution in [0.1, 0.15) is 21.7 Å². The number of hydrogen-bond acceptors (Lipinski definition) is 4. The molecule has 2 N–H and O–H groups in total. The molecule has 0 bridgehead atoms. The molecule has 0 unspecified atom stereocenters. The van der Waals surface area contributed by atoms with E-state index in [4.69, 9.17) is 0 Å². The molecule has 0 radical (unpaired) electrons. The van der Waals surface area contributed by atoms with Gasteiger partial charge >= 0.3 is 0 Å². The number of benzene rings is 1. The maximum atomic E-state index is 12.1. The van der Waals surface area contributed by atoms with E-state index in [1.165, 1.54) is 0 Å². The zero-order valence-electron chi connectivity index (χ0n) is 11.1. The molecular formula is C15H14BrNO3S. The van der Waals surface area contributed by atoms with Gasteiger partial charge in [-0.25, -0.2) is 0 Å². The van der Waals surface area contributed by atoms with Crippen LogP contribution in [-0.4, -0.2) is 17.8 Å². The van der Waals surface area contributed by atoms with Crippen LogP contribution in [0.3, 0.4) is 0 Å². The normalized spacial score (nSPS) is 12.0. The Kier molecular flexibility index (Phi) is 5.67. The summed E-state index contributed by atoms with van der Waals surface area (Å²) >= 11 is 4.85. The van der Waals surface area contributed by atoms with Crippen LogP contribution in [0.5, 0.6) is 0 Å². The summed E-state index contributed by atoms with van der Waals surface area (Å²) in [7, 11) is 0. The van der Waals surface area contributed by atoms with Crippen molar-refractivity contribution in [3.05, 3.63) is 56.7 Å². The molecule has 1 atom stereocenters. The number of aliphatic carboxylic acids is 1. The fraction of sp³-hybridized carbons (Fsp3) is 0.200. The van der Waals surface area contributed by atoms with Gasteiger partial charge in [0.15, 0.2) is 5.78 Å². The SMILES string of the molecule is O=C(C[C@H]([NH2+]Cc1cccs1)C(=O)[O-])c1ccc(Br)cc1. The number of quaternary nitrogens is 1. The number of halogens is 1. The van der Waals surface area contributed by atoms with Gasteiger partial charge < -0.3 is 15.2 Å². The van der Waals surface area contributed by atoms with E-state index in [2.05, 4.69) is 15.9 Å². The van der Waals surface area contributed by atoms with Crippen LogP contribution in [0.25, 0.3) is 0 Å². The highest BCUT2D eigenvalue weighted by Crippen LogP contribution is 2.12. The van der Waals surface area contributed by atoms with Crippen LogP contribution in [0.4, 0.5) is 0 Å². The topological polar surface area (TPSA) is 73.8 Å². The number of ketones is 1. The van der Waals surface area contributed by atoms with Crippen molar-refractivity contribution in [1.29, 1.82) is 0 Å². The highest BCUT2D eigenvalue weighted by Gasteiger charge is 2.19. The van der Waals surface area contributed by atoms with Crippen molar-refractivity contribution in [2.75, 3.05) is 0 Å². The molecule has 0 saturated heterocycles. The van der Waals surface area contributed by atoms with E-state index < -0.39 is 12.0 Å². The van der Waals surface area contributed by atoms with Crippen molar-refractivity contribution in [3.63, 3.8) is 0 Å². The number of thiophene rings is 1. The monoisotopic (exact) mass is 367 g/mol. The van der Waals surface area contributed by atoms with Crippen molar-refractivity contribution in [2.24, 2.45) is 0 Å². The summed E-state index contributed by atoms with van der Waals surface area (Å²) in [6, 6.07) is 9.85.